The largest absolute Gasteiger partial charge is 0.241 e. The highest BCUT2D eigenvalue weighted by Gasteiger charge is 2.07. The summed E-state index contributed by atoms with van der Waals surface area (Å²) >= 11 is 1.76. The molecule has 0 saturated carbocycles. The molecule has 0 unspecified atom stereocenters. The molecule has 0 spiro atoms. The van der Waals surface area contributed by atoms with Gasteiger partial charge in [0.1, 0.15) is 5.01 Å². The quantitative estimate of drug-likeness (QED) is 0.506. The summed E-state index contributed by atoms with van der Waals surface area (Å²) < 4.78 is 0. The average Bonchev–Trinajstić information content (AvgIpc) is 3.30. The van der Waals surface area contributed by atoms with Gasteiger partial charge in [-0.15, -0.1) is 38.5 Å². The topological polar surface area (TPSA) is 67.3 Å². The summed E-state index contributed by atoms with van der Waals surface area (Å²) in [6.07, 6.45) is 1.33. The lowest BCUT2D eigenvalue weighted by Crippen LogP contribution is -1.80. The summed E-state index contributed by atoms with van der Waals surface area (Å²) in [4.78, 5) is 5.93. The number of nitrogens with one attached hydrogen (secondary N) is 1. The van der Waals surface area contributed by atoms with Gasteiger partial charge in [-0.05, 0) is 31.0 Å². The Bertz CT molecular complexity index is 854. The van der Waals surface area contributed by atoms with Gasteiger partial charge in [0.15, 0.2) is 6.33 Å². The van der Waals surface area contributed by atoms with E-state index in [-0.39, 0.29) is 17.0 Å². The van der Waals surface area contributed by atoms with Crippen LogP contribution >= 0.6 is 28.3 Å². The van der Waals surface area contributed by atoms with E-state index in [2.05, 4.69) is 88.0 Å². The van der Waals surface area contributed by atoms with Gasteiger partial charge in [-0.25, -0.2) is 4.98 Å². The molecule has 0 saturated heterocycles. The second-order valence-corrected chi connectivity index (χ2v) is 6.37. The summed E-state index contributed by atoms with van der Waals surface area (Å²) in [5.74, 6) is 0. The van der Waals surface area contributed by atoms with Crippen LogP contribution in [0.15, 0.2) is 60.9 Å². The van der Waals surface area contributed by atoms with Crippen LogP contribution in [0.25, 0.3) is 21.7 Å². The number of hydrogen-bond acceptors (Lipinski definition) is 5. The highest BCUT2D eigenvalue weighted by molar-refractivity contribution is 8.93. The van der Waals surface area contributed by atoms with Crippen LogP contribution in [0, 0.1) is 13.8 Å². The molecule has 0 fully saturated rings. The van der Waals surface area contributed by atoms with Crippen molar-refractivity contribution in [1.29, 1.82) is 0 Å². The molecule has 0 bridgehead atoms. The van der Waals surface area contributed by atoms with Crippen molar-refractivity contribution in [3.8, 4) is 21.7 Å². The molecule has 0 aliphatic heterocycles. The normalized spacial score (nSPS) is 9.68. The summed E-state index contributed by atoms with van der Waals surface area (Å²) in [5, 5.41) is 13.3. The van der Waals surface area contributed by atoms with Crippen molar-refractivity contribution in [2.75, 3.05) is 0 Å². The van der Waals surface area contributed by atoms with E-state index in [9.17, 15) is 0 Å². The number of rotatable bonds is 2. The van der Waals surface area contributed by atoms with Crippen LogP contribution in [0.4, 0.5) is 0 Å². The van der Waals surface area contributed by atoms with E-state index in [0.29, 0.717) is 0 Å². The highest BCUT2D eigenvalue weighted by atomic mass is 79.9. The van der Waals surface area contributed by atoms with Gasteiger partial charge in [0.2, 0.25) is 0 Å². The summed E-state index contributed by atoms with van der Waals surface area (Å²) in [7, 11) is 0. The highest BCUT2D eigenvalue weighted by Crippen LogP contribution is 2.30. The van der Waals surface area contributed by atoms with E-state index in [1.807, 2.05) is 6.07 Å². The zero-order chi connectivity index (χ0) is 16.8. The minimum absolute atomic E-state index is 0. The maximum Gasteiger partial charge on any atom is 0.161 e. The molecule has 2 aromatic carbocycles. The lowest BCUT2D eigenvalue weighted by atomic mass is 10.0. The first-order chi connectivity index (χ1) is 11.7. The summed E-state index contributed by atoms with van der Waals surface area (Å²) in [5.41, 5.74) is 4.81. The number of halogens is 1. The number of hydrogen-bond donors (Lipinski definition) is 1. The molecule has 4 rings (SSSR count). The Morgan fingerprint density at radius 1 is 0.880 bits per heavy atom. The van der Waals surface area contributed by atoms with Crippen molar-refractivity contribution in [2.45, 2.75) is 13.8 Å². The zero-order valence-corrected chi connectivity index (χ0v) is 16.4. The van der Waals surface area contributed by atoms with Crippen molar-refractivity contribution in [3.05, 3.63) is 71.5 Å². The van der Waals surface area contributed by atoms with Gasteiger partial charge < -0.3 is 0 Å². The number of nitrogens with zero attached hydrogens (tertiary/aromatic N) is 4. The van der Waals surface area contributed by atoms with E-state index in [0.717, 1.165) is 10.7 Å². The Morgan fingerprint density at radius 3 is 2.16 bits per heavy atom. The van der Waals surface area contributed by atoms with Crippen molar-refractivity contribution < 1.29 is 0 Å². The lowest BCUT2D eigenvalue weighted by Gasteiger charge is -2.03. The van der Waals surface area contributed by atoms with E-state index >= 15 is 0 Å². The smallest absolute Gasteiger partial charge is 0.161 e. The van der Waals surface area contributed by atoms with Crippen LogP contribution in [0.1, 0.15) is 10.6 Å². The van der Waals surface area contributed by atoms with E-state index in [1.165, 1.54) is 27.9 Å². The van der Waals surface area contributed by atoms with E-state index in [1.54, 1.807) is 11.3 Å². The minimum atomic E-state index is 0. The molecule has 1 N–H and O–H groups in total. The van der Waals surface area contributed by atoms with Gasteiger partial charge >= 0.3 is 0 Å². The fraction of sp³-hybridized carbons (Fsp3) is 0.111. The lowest BCUT2D eigenvalue weighted by molar-refractivity contribution is 0.881. The van der Waals surface area contributed by atoms with Gasteiger partial charge in [-0.1, -0.05) is 53.7 Å². The van der Waals surface area contributed by atoms with Crippen molar-refractivity contribution in [2.24, 2.45) is 0 Å². The first kappa shape index (κ1) is 19.0. The van der Waals surface area contributed by atoms with Crippen LogP contribution in [-0.2, 0) is 0 Å². The number of aromatic amines is 1. The fourth-order valence-corrected chi connectivity index (χ4v) is 3.10. The Kier molecular flexibility index (Phi) is 6.97. The molecular formula is C18H18BrN5S. The average molecular weight is 416 g/mol. The van der Waals surface area contributed by atoms with Gasteiger partial charge in [0.05, 0.1) is 5.69 Å². The molecule has 0 amide bonds. The number of aromatic nitrogens is 5. The van der Waals surface area contributed by atoms with Crippen LogP contribution in [0.5, 0.6) is 0 Å². The van der Waals surface area contributed by atoms with Crippen LogP contribution in [0.2, 0.25) is 0 Å². The third-order valence-corrected chi connectivity index (χ3v) is 4.64. The van der Waals surface area contributed by atoms with Crippen LogP contribution < -0.4 is 0 Å². The maximum atomic E-state index is 4.63. The van der Waals surface area contributed by atoms with Crippen LogP contribution in [-0.4, -0.2) is 25.6 Å². The SMILES string of the molecule is Br.Cc1nc(-c2cccc(-c3ccccc3)c2)sc1C.c1nn[nH]n1. The molecule has 2 aromatic heterocycles. The summed E-state index contributed by atoms with van der Waals surface area (Å²) in [6, 6.07) is 19.0. The second-order valence-electron chi connectivity index (χ2n) is 5.17. The Balaban J connectivity index is 0.000000325. The number of tetrazole rings is 1. The first-order valence-electron chi connectivity index (χ1n) is 7.50. The van der Waals surface area contributed by atoms with Crippen molar-refractivity contribution in [3.63, 3.8) is 0 Å². The Hall–Kier alpha value is -2.38. The van der Waals surface area contributed by atoms with Crippen LogP contribution in [0.3, 0.4) is 0 Å². The third kappa shape index (κ3) is 5.04. The maximum absolute atomic E-state index is 4.63. The molecule has 7 heteroatoms. The van der Waals surface area contributed by atoms with Gasteiger partial charge in [-0.3, -0.25) is 0 Å². The molecule has 128 valence electrons. The number of thiazole rings is 1. The fourth-order valence-electron chi connectivity index (χ4n) is 2.19. The zero-order valence-electron chi connectivity index (χ0n) is 13.9. The van der Waals surface area contributed by atoms with Gasteiger partial charge in [0.25, 0.3) is 0 Å². The molecule has 5 nitrogen and oxygen atoms in total. The molecule has 2 heterocycles. The molecule has 0 atom stereocenters. The van der Waals surface area contributed by atoms with E-state index < -0.39 is 0 Å². The van der Waals surface area contributed by atoms with Crippen molar-refractivity contribution in [1.82, 2.24) is 25.6 Å². The monoisotopic (exact) mass is 415 g/mol. The van der Waals surface area contributed by atoms with Gasteiger partial charge in [-0.2, -0.15) is 5.21 Å². The Morgan fingerprint density at radius 2 is 1.60 bits per heavy atom. The first-order valence-corrected chi connectivity index (χ1v) is 8.32. The number of aryl methyl sites for hydroxylation is 2. The summed E-state index contributed by atoms with van der Waals surface area (Å²) in [6.45, 7) is 4.19. The number of benzene rings is 2. The predicted octanol–water partition coefficient (Wildman–Crippen LogP) is 4.87. The van der Waals surface area contributed by atoms with Crippen molar-refractivity contribution >= 4 is 28.3 Å². The molecule has 0 radical (unpaired) electrons. The minimum Gasteiger partial charge on any atom is -0.241 e. The standard InChI is InChI=1S/C17H15NS.CH2N4.BrH/c1-12-13(2)19-17(18-12)16-10-6-9-15(11-16)14-7-4-3-5-8-14;1-2-4-5-3-1;/h3-11H,1-2H3;1H,(H,2,3,4,5);1H. The molecule has 25 heavy (non-hydrogen) atoms. The second kappa shape index (κ2) is 9.19. The number of H-pyrrole nitrogens is 1. The molecular weight excluding hydrogens is 398 g/mol. The molecule has 0 aliphatic rings. The Labute approximate surface area is 160 Å². The predicted molar refractivity (Wildman–Crippen MR) is 107 cm³/mol. The third-order valence-electron chi connectivity index (χ3n) is 3.51. The molecule has 4 aromatic rings. The molecule has 0 aliphatic carbocycles. The van der Waals surface area contributed by atoms with E-state index in [4.69, 9.17) is 0 Å². The van der Waals surface area contributed by atoms with Gasteiger partial charge in [0, 0.05) is 10.4 Å².